The molecule has 0 aliphatic heterocycles. The number of amides is 1. The van der Waals surface area contributed by atoms with Crippen LogP contribution >= 0.6 is 11.6 Å². The Morgan fingerprint density at radius 1 is 1.26 bits per heavy atom. The number of aromatic nitrogens is 5. The lowest BCUT2D eigenvalue weighted by atomic mass is 10.4. The van der Waals surface area contributed by atoms with Crippen molar-refractivity contribution in [2.75, 3.05) is 16.0 Å². The molecule has 3 aromatic rings. The predicted octanol–water partition coefficient (Wildman–Crippen LogP) is 3.18. The largest absolute Gasteiger partial charge is 0.323 e. The lowest BCUT2D eigenvalue weighted by Gasteiger charge is -2.10. The van der Waals surface area contributed by atoms with Crippen LogP contribution in [0.4, 0.5) is 29.1 Å². The Morgan fingerprint density at radius 2 is 2.04 bits per heavy atom. The van der Waals surface area contributed by atoms with Crippen LogP contribution in [0.2, 0.25) is 5.02 Å². The van der Waals surface area contributed by atoms with E-state index in [1.807, 2.05) is 20.2 Å². The second-order valence-electron chi connectivity index (χ2n) is 5.54. The first-order valence-corrected chi connectivity index (χ1v) is 8.29. The molecule has 0 aromatic carbocycles. The van der Waals surface area contributed by atoms with Crippen molar-refractivity contribution in [3.8, 4) is 0 Å². The summed E-state index contributed by atoms with van der Waals surface area (Å²) >= 11 is 6.19. The average molecular weight is 385 g/mol. The first-order chi connectivity index (χ1) is 12.9. The molecule has 0 unspecified atom stereocenters. The molecule has 0 aliphatic carbocycles. The molecule has 0 radical (unpaired) electrons. The fourth-order valence-corrected chi connectivity index (χ4v) is 2.37. The standard InChI is InChI=1S/C17H17ClN8O/c1-4-15(27)22-13-6-5-7-14(21-13)23-16-11(18)8-19-17(24-16)20-12-9-26(3)25-10(12)2/h4-9H,1H2,2-3H3,(H3,19,20,21,22,23,24,27). The van der Waals surface area contributed by atoms with E-state index in [2.05, 4.69) is 42.6 Å². The Bertz CT molecular complexity index is 1000. The molecule has 0 fully saturated rings. The van der Waals surface area contributed by atoms with E-state index in [1.165, 1.54) is 12.3 Å². The fourth-order valence-electron chi connectivity index (χ4n) is 2.23. The molecule has 0 spiro atoms. The summed E-state index contributed by atoms with van der Waals surface area (Å²) in [5.41, 5.74) is 1.61. The number of rotatable bonds is 6. The average Bonchev–Trinajstić information content (AvgIpc) is 2.95. The second kappa shape index (κ2) is 7.83. The van der Waals surface area contributed by atoms with Gasteiger partial charge in [0.1, 0.15) is 16.7 Å². The molecule has 3 rings (SSSR count). The number of aryl methyl sites for hydroxylation is 2. The Morgan fingerprint density at radius 3 is 2.74 bits per heavy atom. The van der Waals surface area contributed by atoms with Crippen LogP contribution in [0.3, 0.4) is 0 Å². The van der Waals surface area contributed by atoms with Gasteiger partial charge in [-0.05, 0) is 25.1 Å². The zero-order valence-corrected chi connectivity index (χ0v) is 15.4. The third-order valence-corrected chi connectivity index (χ3v) is 3.71. The van der Waals surface area contributed by atoms with E-state index in [9.17, 15) is 4.79 Å². The molecular formula is C17H17ClN8O. The third-order valence-electron chi connectivity index (χ3n) is 3.44. The summed E-state index contributed by atoms with van der Waals surface area (Å²) in [6, 6.07) is 5.12. The number of nitrogens with one attached hydrogen (secondary N) is 3. The molecule has 0 bridgehead atoms. The molecule has 10 heteroatoms. The highest BCUT2D eigenvalue weighted by Crippen LogP contribution is 2.25. The molecule has 0 saturated carbocycles. The van der Waals surface area contributed by atoms with Crippen LogP contribution in [0.25, 0.3) is 0 Å². The van der Waals surface area contributed by atoms with Gasteiger partial charge in [0.2, 0.25) is 11.9 Å². The molecular weight excluding hydrogens is 368 g/mol. The summed E-state index contributed by atoms with van der Waals surface area (Å²) in [7, 11) is 1.83. The van der Waals surface area contributed by atoms with E-state index in [4.69, 9.17) is 11.6 Å². The highest BCUT2D eigenvalue weighted by Gasteiger charge is 2.10. The van der Waals surface area contributed by atoms with E-state index >= 15 is 0 Å². The van der Waals surface area contributed by atoms with Crippen LogP contribution < -0.4 is 16.0 Å². The summed E-state index contributed by atoms with van der Waals surface area (Å²) < 4.78 is 1.69. The summed E-state index contributed by atoms with van der Waals surface area (Å²) in [4.78, 5) is 24.2. The lowest BCUT2D eigenvalue weighted by molar-refractivity contribution is -0.111. The van der Waals surface area contributed by atoms with E-state index in [0.717, 1.165) is 11.4 Å². The second-order valence-corrected chi connectivity index (χ2v) is 5.95. The van der Waals surface area contributed by atoms with Gasteiger partial charge in [0.25, 0.3) is 0 Å². The topological polar surface area (TPSA) is 110 Å². The highest BCUT2D eigenvalue weighted by molar-refractivity contribution is 6.32. The van der Waals surface area contributed by atoms with E-state index < -0.39 is 0 Å². The van der Waals surface area contributed by atoms with Gasteiger partial charge in [-0.3, -0.25) is 9.48 Å². The zero-order chi connectivity index (χ0) is 19.4. The predicted molar refractivity (Wildman–Crippen MR) is 105 cm³/mol. The van der Waals surface area contributed by atoms with Crippen LogP contribution in [0.5, 0.6) is 0 Å². The summed E-state index contributed by atoms with van der Waals surface area (Å²) in [5.74, 6) is 1.21. The normalized spacial score (nSPS) is 10.3. The van der Waals surface area contributed by atoms with Crippen LogP contribution in [0.1, 0.15) is 5.69 Å². The summed E-state index contributed by atoms with van der Waals surface area (Å²) in [5, 5.41) is 13.3. The molecule has 0 aliphatic rings. The maximum atomic E-state index is 11.4. The van der Waals surface area contributed by atoms with Crippen molar-refractivity contribution in [2.24, 2.45) is 7.05 Å². The number of hydrogen-bond acceptors (Lipinski definition) is 7. The molecule has 1 amide bonds. The first-order valence-electron chi connectivity index (χ1n) is 7.92. The zero-order valence-electron chi connectivity index (χ0n) is 14.7. The van der Waals surface area contributed by atoms with Crippen molar-refractivity contribution >= 4 is 46.6 Å². The number of nitrogens with zero attached hydrogens (tertiary/aromatic N) is 5. The Balaban J connectivity index is 1.80. The number of hydrogen-bond donors (Lipinski definition) is 3. The maximum absolute atomic E-state index is 11.4. The molecule has 3 N–H and O–H groups in total. The van der Waals surface area contributed by atoms with Gasteiger partial charge in [0.05, 0.1) is 17.6 Å². The lowest BCUT2D eigenvalue weighted by Crippen LogP contribution is -2.09. The third kappa shape index (κ3) is 4.59. The van der Waals surface area contributed by atoms with Crippen LogP contribution in [0, 0.1) is 6.92 Å². The smallest absolute Gasteiger partial charge is 0.248 e. The Hall–Kier alpha value is -3.46. The molecule has 0 saturated heterocycles. The van der Waals surface area contributed by atoms with Crippen molar-refractivity contribution < 1.29 is 4.79 Å². The number of halogens is 1. The van der Waals surface area contributed by atoms with Crippen LogP contribution in [-0.2, 0) is 11.8 Å². The van der Waals surface area contributed by atoms with Gasteiger partial charge < -0.3 is 16.0 Å². The minimum absolute atomic E-state index is 0.325. The molecule has 27 heavy (non-hydrogen) atoms. The maximum Gasteiger partial charge on any atom is 0.248 e. The number of anilines is 5. The van der Waals surface area contributed by atoms with Gasteiger partial charge in [0, 0.05) is 13.2 Å². The molecule has 0 atom stereocenters. The summed E-state index contributed by atoms with van der Waals surface area (Å²) in [6.07, 6.45) is 4.48. The van der Waals surface area contributed by atoms with Gasteiger partial charge in [-0.15, -0.1) is 0 Å². The number of pyridine rings is 1. The minimum Gasteiger partial charge on any atom is -0.323 e. The summed E-state index contributed by atoms with van der Waals surface area (Å²) in [6.45, 7) is 5.29. The SMILES string of the molecule is C=CC(=O)Nc1cccc(Nc2nc(Nc3cn(C)nc3C)ncc2Cl)n1. The Labute approximate surface area is 160 Å². The first kappa shape index (κ1) is 18.3. The monoisotopic (exact) mass is 384 g/mol. The van der Waals surface area contributed by atoms with Crippen molar-refractivity contribution in [3.05, 3.63) is 54.0 Å². The highest BCUT2D eigenvalue weighted by atomic mass is 35.5. The van der Waals surface area contributed by atoms with Gasteiger partial charge in [-0.25, -0.2) is 9.97 Å². The fraction of sp³-hybridized carbons (Fsp3) is 0.118. The van der Waals surface area contributed by atoms with Crippen molar-refractivity contribution in [2.45, 2.75) is 6.92 Å². The number of carbonyl (C=O) groups is 1. The van der Waals surface area contributed by atoms with Crippen molar-refractivity contribution in [1.82, 2.24) is 24.7 Å². The molecule has 3 aromatic heterocycles. The van der Waals surface area contributed by atoms with E-state index in [0.29, 0.717) is 28.4 Å². The van der Waals surface area contributed by atoms with Gasteiger partial charge in [0.15, 0.2) is 5.82 Å². The van der Waals surface area contributed by atoms with Gasteiger partial charge >= 0.3 is 0 Å². The van der Waals surface area contributed by atoms with Gasteiger partial charge in [-0.2, -0.15) is 10.1 Å². The number of carbonyl (C=O) groups excluding carboxylic acids is 1. The quantitative estimate of drug-likeness (QED) is 0.560. The van der Waals surface area contributed by atoms with Crippen molar-refractivity contribution in [1.29, 1.82) is 0 Å². The van der Waals surface area contributed by atoms with Crippen LogP contribution in [0.15, 0.2) is 43.2 Å². The van der Waals surface area contributed by atoms with Crippen molar-refractivity contribution in [3.63, 3.8) is 0 Å². The molecule has 9 nitrogen and oxygen atoms in total. The molecule has 3 heterocycles. The van der Waals surface area contributed by atoms with Crippen LogP contribution in [-0.4, -0.2) is 30.6 Å². The minimum atomic E-state index is -0.349. The van der Waals surface area contributed by atoms with E-state index in [-0.39, 0.29) is 5.91 Å². The van der Waals surface area contributed by atoms with E-state index in [1.54, 1.807) is 22.9 Å². The van der Waals surface area contributed by atoms with Gasteiger partial charge in [-0.1, -0.05) is 24.2 Å². The molecule has 138 valence electrons. The Kier molecular flexibility index (Phi) is 5.32.